The maximum atomic E-state index is 6.61. The molecule has 6 heteroatoms. The summed E-state index contributed by atoms with van der Waals surface area (Å²) in [5, 5.41) is 2.39. The number of rotatable bonds is 6. The van der Waals surface area contributed by atoms with Gasteiger partial charge in [0, 0.05) is 15.9 Å². The highest BCUT2D eigenvalue weighted by Crippen LogP contribution is 2.55. The number of fused-ring (bicyclic) bond motifs is 3. The molecule has 0 unspecified atom stereocenters. The first-order valence-corrected chi connectivity index (χ1v) is 14.7. The summed E-state index contributed by atoms with van der Waals surface area (Å²) in [6.07, 6.45) is 5.22. The molecule has 0 spiro atoms. The Labute approximate surface area is 223 Å². The Balaban J connectivity index is 1.34. The van der Waals surface area contributed by atoms with Crippen LogP contribution in [0.1, 0.15) is 37.6 Å². The van der Waals surface area contributed by atoms with Gasteiger partial charge in [0.1, 0.15) is 10.6 Å². The van der Waals surface area contributed by atoms with E-state index in [1.54, 1.807) is 23.1 Å². The molecule has 1 aliphatic heterocycles. The number of nitrogens with zero attached hydrogens (tertiary/aromatic N) is 2. The predicted octanol–water partition coefficient (Wildman–Crippen LogP) is 8.20. The highest BCUT2D eigenvalue weighted by Gasteiger charge is 2.34. The third kappa shape index (κ3) is 4.81. The van der Waals surface area contributed by atoms with Crippen LogP contribution in [0.15, 0.2) is 102 Å². The molecule has 5 aromatic rings. The first kappa shape index (κ1) is 23.3. The van der Waals surface area contributed by atoms with Crippen molar-refractivity contribution in [3.8, 4) is 0 Å². The fourth-order valence-electron chi connectivity index (χ4n) is 4.61. The third-order valence-corrected chi connectivity index (χ3v) is 10.00. The minimum Gasteiger partial charge on any atom is -0.383 e. The number of nitrogen functional groups attached to an aromatic ring is 1. The Kier molecular flexibility index (Phi) is 6.81. The van der Waals surface area contributed by atoms with Crippen molar-refractivity contribution in [1.29, 1.82) is 0 Å². The van der Waals surface area contributed by atoms with E-state index in [0.717, 1.165) is 27.5 Å². The van der Waals surface area contributed by atoms with Gasteiger partial charge in [-0.05, 0) is 28.7 Å². The van der Waals surface area contributed by atoms with Crippen LogP contribution in [-0.4, -0.2) is 15.7 Å². The molecule has 0 saturated carbocycles. The standard InChI is InChI=1S/C30H25N3S3/c31-28-25-23-19-24(21-14-6-2-7-15-21)35-26(22-16-8-3-9-17-22)27(23)36-29(25)33-30(32-28)34-18-10-13-20-11-4-1-5-12-20/h1-17,24,26H,18-19H2,(H2,31,32,33)/b13-10+/t24-,26-/m1/s1. The van der Waals surface area contributed by atoms with E-state index in [-0.39, 0.29) is 5.25 Å². The molecule has 0 fully saturated rings. The zero-order chi connectivity index (χ0) is 24.3. The monoisotopic (exact) mass is 523 g/mol. The second-order valence-corrected chi connectivity index (χ2v) is 12.0. The molecule has 6 rings (SSSR count). The van der Waals surface area contributed by atoms with Crippen LogP contribution in [0.2, 0.25) is 0 Å². The van der Waals surface area contributed by atoms with E-state index in [1.807, 2.05) is 30.0 Å². The van der Waals surface area contributed by atoms with Crippen LogP contribution in [0, 0.1) is 0 Å². The van der Waals surface area contributed by atoms with E-state index in [2.05, 4.69) is 84.9 Å². The predicted molar refractivity (Wildman–Crippen MR) is 157 cm³/mol. The maximum absolute atomic E-state index is 6.61. The Hall–Kier alpha value is -3.06. The van der Waals surface area contributed by atoms with Gasteiger partial charge in [-0.15, -0.1) is 23.1 Å². The van der Waals surface area contributed by atoms with E-state index < -0.39 is 0 Å². The molecule has 0 aliphatic carbocycles. The number of hydrogen-bond donors (Lipinski definition) is 1. The second kappa shape index (κ2) is 10.5. The molecular formula is C30H25N3S3. The highest BCUT2D eigenvalue weighted by molar-refractivity contribution is 8.00. The topological polar surface area (TPSA) is 51.8 Å². The van der Waals surface area contributed by atoms with Crippen molar-refractivity contribution in [3.63, 3.8) is 0 Å². The van der Waals surface area contributed by atoms with Crippen LogP contribution in [-0.2, 0) is 6.42 Å². The molecule has 36 heavy (non-hydrogen) atoms. The molecule has 0 radical (unpaired) electrons. The number of thiophene rings is 1. The van der Waals surface area contributed by atoms with E-state index in [0.29, 0.717) is 11.1 Å². The van der Waals surface area contributed by atoms with Crippen molar-refractivity contribution < 1.29 is 0 Å². The second-order valence-electron chi connectivity index (χ2n) is 8.67. The summed E-state index contributed by atoms with van der Waals surface area (Å²) in [6.45, 7) is 0. The lowest BCUT2D eigenvalue weighted by Gasteiger charge is -2.30. The Morgan fingerprint density at radius 1 is 0.861 bits per heavy atom. The van der Waals surface area contributed by atoms with E-state index >= 15 is 0 Å². The molecule has 2 atom stereocenters. The van der Waals surface area contributed by atoms with E-state index in [1.165, 1.54) is 27.1 Å². The van der Waals surface area contributed by atoms with Crippen LogP contribution < -0.4 is 5.73 Å². The lowest BCUT2D eigenvalue weighted by molar-refractivity contribution is 0.893. The summed E-state index contributed by atoms with van der Waals surface area (Å²) in [5.74, 6) is 1.39. The van der Waals surface area contributed by atoms with Gasteiger partial charge in [-0.25, -0.2) is 9.97 Å². The molecule has 0 bridgehead atoms. The number of anilines is 1. The number of benzene rings is 3. The molecule has 3 nitrogen and oxygen atoms in total. The summed E-state index contributed by atoms with van der Waals surface area (Å²) in [4.78, 5) is 12.0. The van der Waals surface area contributed by atoms with Crippen LogP contribution in [0.25, 0.3) is 16.3 Å². The van der Waals surface area contributed by atoms with Gasteiger partial charge in [0.2, 0.25) is 0 Å². The van der Waals surface area contributed by atoms with Gasteiger partial charge in [0.05, 0.1) is 10.6 Å². The third-order valence-electron chi connectivity index (χ3n) is 6.31. The summed E-state index contributed by atoms with van der Waals surface area (Å²) >= 11 is 5.43. The van der Waals surface area contributed by atoms with Gasteiger partial charge in [-0.1, -0.05) is 115 Å². The summed E-state index contributed by atoms with van der Waals surface area (Å²) in [6, 6.07) is 31.9. The largest absolute Gasteiger partial charge is 0.383 e. The summed E-state index contributed by atoms with van der Waals surface area (Å²) < 4.78 is 0. The van der Waals surface area contributed by atoms with Crippen molar-refractivity contribution in [2.45, 2.75) is 22.1 Å². The fourth-order valence-corrected chi connectivity index (χ4v) is 8.35. The summed E-state index contributed by atoms with van der Waals surface area (Å²) in [5.41, 5.74) is 11.8. The van der Waals surface area contributed by atoms with E-state index in [4.69, 9.17) is 15.7 Å². The molecule has 3 aromatic carbocycles. The molecule has 0 amide bonds. The van der Waals surface area contributed by atoms with Gasteiger partial charge in [0.15, 0.2) is 5.16 Å². The SMILES string of the molecule is Nc1nc(SC/C=C/c2ccccc2)nc2sc3c(c12)C[C@H](c1ccccc1)S[C@@H]3c1ccccc1. The minimum absolute atomic E-state index is 0.253. The van der Waals surface area contributed by atoms with Crippen molar-refractivity contribution in [2.24, 2.45) is 0 Å². The Bertz CT molecular complexity index is 1500. The van der Waals surface area contributed by atoms with Gasteiger partial charge >= 0.3 is 0 Å². The van der Waals surface area contributed by atoms with Crippen molar-refractivity contribution in [1.82, 2.24) is 9.97 Å². The van der Waals surface area contributed by atoms with Gasteiger partial charge in [-0.2, -0.15) is 0 Å². The van der Waals surface area contributed by atoms with Crippen molar-refractivity contribution in [3.05, 3.63) is 124 Å². The fraction of sp³-hybridized carbons (Fsp3) is 0.133. The quantitative estimate of drug-likeness (QED) is 0.180. The number of thioether (sulfide) groups is 2. The minimum atomic E-state index is 0.253. The van der Waals surface area contributed by atoms with Crippen molar-refractivity contribution in [2.75, 3.05) is 11.5 Å². The Morgan fingerprint density at radius 2 is 1.53 bits per heavy atom. The number of aromatic nitrogens is 2. The number of hydrogen-bond acceptors (Lipinski definition) is 6. The van der Waals surface area contributed by atoms with Gasteiger partial charge < -0.3 is 5.73 Å². The zero-order valence-corrected chi connectivity index (χ0v) is 22.0. The molecular weight excluding hydrogens is 499 g/mol. The van der Waals surface area contributed by atoms with E-state index in [9.17, 15) is 0 Å². The lowest BCUT2D eigenvalue weighted by atomic mass is 9.98. The Morgan fingerprint density at radius 3 is 2.25 bits per heavy atom. The van der Waals surface area contributed by atoms with Gasteiger partial charge in [0.25, 0.3) is 0 Å². The average molecular weight is 524 g/mol. The van der Waals surface area contributed by atoms with Crippen LogP contribution in [0.5, 0.6) is 0 Å². The molecule has 2 aromatic heterocycles. The molecule has 1 aliphatic rings. The lowest BCUT2D eigenvalue weighted by Crippen LogP contribution is -2.12. The van der Waals surface area contributed by atoms with Crippen LogP contribution >= 0.6 is 34.9 Å². The summed E-state index contributed by atoms with van der Waals surface area (Å²) in [7, 11) is 0. The van der Waals surface area contributed by atoms with Crippen LogP contribution in [0.4, 0.5) is 5.82 Å². The average Bonchev–Trinajstić information content (AvgIpc) is 3.31. The maximum Gasteiger partial charge on any atom is 0.191 e. The van der Waals surface area contributed by atoms with Gasteiger partial charge in [-0.3, -0.25) is 0 Å². The zero-order valence-electron chi connectivity index (χ0n) is 19.6. The smallest absolute Gasteiger partial charge is 0.191 e. The molecule has 178 valence electrons. The van der Waals surface area contributed by atoms with Crippen molar-refractivity contribution >= 4 is 57.0 Å². The highest BCUT2D eigenvalue weighted by atomic mass is 32.2. The van der Waals surface area contributed by atoms with Crippen LogP contribution in [0.3, 0.4) is 0 Å². The molecule has 3 heterocycles. The molecule has 2 N–H and O–H groups in total. The first-order chi connectivity index (χ1) is 17.8. The number of nitrogens with two attached hydrogens (primary N) is 1. The normalized spacial score (nSPS) is 17.4. The first-order valence-electron chi connectivity index (χ1n) is 11.9. The molecule has 0 saturated heterocycles.